The van der Waals surface area contributed by atoms with E-state index in [1.165, 1.54) is 18.2 Å². The summed E-state index contributed by atoms with van der Waals surface area (Å²) in [5.74, 6) is -0.126. The molecule has 2 aliphatic rings. The summed E-state index contributed by atoms with van der Waals surface area (Å²) in [5.41, 5.74) is 2.37. The lowest BCUT2D eigenvalue weighted by Gasteiger charge is -2.49. The van der Waals surface area contributed by atoms with E-state index in [0.717, 1.165) is 25.9 Å². The molecule has 2 heterocycles. The molecule has 2 aromatic rings. The Labute approximate surface area is 155 Å². The number of fused-ring (bicyclic) bond motifs is 2. The Morgan fingerprint density at radius 3 is 2.35 bits per heavy atom. The third-order valence-corrected chi connectivity index (χ3v) is 5.93. The van der Waals surface area contributed by atoms with Gasteiger partial charge in [0.05, 0.1) is 19.6 Å². The van der Waals surface area contributed by atoms with Crippen molar-refractivity contribution >= 4 is 5.97 Å². The van der Waals surface area contributed by atoms with Crippen LogP contribution in [0.2, 0.25) is 0 Å². The molecule has 4 heteroatoms. The van der Waals surface area contributed by atoms with Gasteiger partial charge in [0.1, 0.15) is 0 Å². The van der Waals surface area contributed by atoms with Crippen molar-refractivity contribution in [2.75, 3.05) is 20.2 Å². The van der Waals surface area contributed by atoms with Crippen molar-refractivity contribution in [2.24, 2.45) is 0 Å². The zero-order valence-corrected chi connectivity index (χ0v) is 15.2. The van der Waals surface area contributed by atoms with Crippen LogP contribution in [0.4, 0.5) is 0 Å². The number of esters is 1. The van der Waals surface area contributed by atoms with Crippen LogP contribution in [0.1, 0.15) is 36.4 Å². The maximum absolute atomic E-state index is 12.2. The predicted molar refractivity (Wildman–Crippen MR) is 102 cm³/mol. The highest BCUT2D eigenvalue weighted by atomic mass is 16.5. The normalized spacial score (nSPS) is 25.4. The first-order valence-electron chi connectivity index (χ1n) is 9.39. The number of benzene rings is 2. The average Bonchev–Trinajstić information content (AvgIpc) is 2.88. The molecule has 4 nitrogen and oxygen atoms in total. The Balaban J connectivity index is 1.80. The maximum Gasteiger partial charge on any atom is 0.307 e. The number of hydrogen-bond donors (Lipinski definition) is 1. The van der Waals surface area contributed by atoms with Crippen LogP contribution in [0.5, 0.6) is 0 Å². The Morgan fingerprint density at radius 1 is 1.15 bits per heavy atom. The molecular formula is C22H26N2O2. The fourth-order valence-corrected chi connectivity index (χ4v) is 4.79. The van der Waals surface area contributed by atoms with Gasteiger partial charge < -0.3 is 10.1 Å². The fraction of sp³-hybridized carbons (Fsp3) is 0.409. The lowest BCUT2D eigenvalue weighted by molar-refractivity contribution is -0.144. The number of nitrogens with one attached hydrogen (secondary N) is 1. The molecule has 0 aromatic heterocycles. The van der Waals surface area contributed by atoms with Crippen LogP contribution in [0.3, 0.4) is 0 Å². The Morgan fingerprint density at radius 2 is 1.77 bits per heavy atom. The first-order valence-corrected chi connectivity index (χ1v) is 9.39. The highest BCUT2D eigenvalue weighted by Gasteiger charge is 2.53. The van der Waals surface area contributed by atoms with Gasteiger partial charge in [-0.25, -0.2) is 0 Å². The van der Waals surface area contributed by atoms with Crippen LogP contribution in [0.15, 0.2) is 60.7 Å². The smallest absolute Gasteiger partial charge is 0.307 e. The lowest BCUT2D eigenvalue weighted by atomic mass is 9.86. The fourth-order valence-electron chi connectivity index (χ4n) is 4.79. The predicted octanol–water partition coefficient (Wildman–Crippen LogP) is 3.15. The third kappa shape index (κ3) is 3.04. The van der Waals surface area contributed by atoms with Crippen molar-refractivity contribution in [3.8, 4) is 0 Å². The number of hydrogen-bond acceptors (Lipinski definition) is 4. The summed E-state index contributed by atoms with van der Waals surface area (Å²) in [6.07, 6.45) is 2.57. The zero-order valence-electron chi connectivity index (χ0n) is 15.2. The van der Waals surface area contributed by atoms with Gasteiger partial charge in [-0.05, 0) is 24.0 Å². The van der Waals surface area contributed by atoms with E-state index in [4.69, 9.17) is 4.74 Å². The van der Waals surface area contributed by atoms with E-state index in [9.17, 15) is 4.79 Å². The topological polar surface area (TPSA) is 41.6 Å². The highest BCUT2D eigenvalue weighted by Crippen LogP contribution is 2.46. The van der Waals surface area contributed by atoms with Crippen LogP contribution < -0.4 is 5.32 Å². The van der Waals surface area contributed by atoms with Crippen molar-refractivity contribution in [3.63, 3.8) is 0 Å². The number of carbonyl (C=O) groups is 1. The molecule has 0 amide bonds. The first-order chi connectivity index (χ1) is 12.7. The average molecular weight is 350 g/mol. The molecule has 0 saturated carbocycles. The molecule has 136 valence electrons. The van der Waals surface area contributed by atoms with Crippen LogP contribution in [0, 0.1) is 0 Å². The van der Waals surface area contributed by atoms with Gasteiger partial charge >= 0.3 is 5.97 Å². The second-order valence-corrected chi connectivity index (χ2v) is 7.43. The SMILES string of the molecule is COC(=O)CC12CCC(CNC1)N2C(c1ccccc1)c1ccccc1. The number of nitrogens with zero attached hydrogens (tertiary/aromatic N) is 1. The van der Waals surface area contributed by atoms with E-state index >= 15 is 0 Å². The maximum atomic E-state index is 12.2. The number of carbonyl (C=O) groups excluding carboxylic acids is 1. The first kappa shape index (κ1) is 17.3. The van der Waals surface area contributed by atoms with Gasteiger partial charge in [-0.1, -0.05) is 60.7 Å². The van der Waals surface area contributed by atoms with Crippen molar-refractivity contribution in [1.82, 2.24) is 10.2 Å². The largest absolute Gasteiger partial charge is 0.469 e. The molecule has 26 heavy (non-hydrogen) atoms. The van der Waals surface area contributed by atoms with E-state index in [1.807, 2.05) is 0 Å². The Bertz CT molecular complexity index is 706. The summed E-state index contributed by atoms with van der Waals surface area (Å²) in [7, 11) is 1.48. The molecule has 0 spiro atoms. The van der Waals surface area contributed by atoms with Crippen molar-refractivity contribution in [1.29, 1.82) is 0 Å². The van der Waals surface area contributed by atoms with Crippen LogP contribution >= 0.6 is 0 Å². The van der Waals surface area contributed by atoms with Gasteiger partial charge in [-0.2, -0.15) is 0 Å². The Hall–Kier alpha value is -2.17. The minimum absolute atomic E-state index is 0.126. The number of ether oxygens (including phenoxy) is 1. The number of methoxy groups -OCH3 is 1. The van der Waals surface area contributed by atoms with Crippen molar-refractivity contribution in [3.05, 3.63) is 71.8 Å². The van der Waals surface area contributed by atoms with Crippen LogP contribution in [0.25, 0.3) is 0 Å². The minimum Gasteiger partial charge on any atom is -0.469 e. The van der Waals surface area contributed by atoms with E-state index < -0.39 is 0 Å². The molecule has 2 fully saturated rings. The van der Waals surface area contributed by atoms with Crippen LogP contribution in [-0.2, 0) is 9.53 Å². The molecule has 2 aromatic carbocycles. The van der Waals surface area contributed by atoms with E-state index in [1.54, 1.807) is 0 Å². The summed E-state index contributed by atoms with van der Waals surface area (Å²) in [4.78, 5) is 14.8. The summed E-state index contributed by atoms with van der Waals surface area (Å²) < 4.78 is 5.04. The summed E-state index contributed by atoms with van der Waals surface area (Å²) in [5, 5.41) is 3.56. The van der Waals surface area contributed by atoms with Crippen molar-refractivity contribution in [2.45, 2.75) is 36.9 Å². The van der Waals surface area contributed by atoms with E-state index in [-0.39, 0.29) is 17.6 Å². The number of rotatable bonds is 5. The molecule has 1 N–H and O–H groups in total. The van der Waals surface area contributed by atoms with Crippen molar-refractivity contribution < 1.29 is 9.53 Å². The summed E-state index contributed by atoms with van der Waals surface area (Å²) >= 11 is 0. The molecule has 2 bridgehead atoms. The molecule has 0 radical (unpaired) electrons. The monoisotopic (exact) mass is 350 g/mol. The summed E-state index contributed by atoms with van der Waals surface area (Å²) in [6.45, 7) is 1.80. The molecule has 2 atom stereocenters. The second kappa shape index (κ2) is 7.22. The van der Waals surface area contributed by atoms with E-state index in [0.29, 0.717) is 12.5 Å². The Kier molecular flexibility index (Phi) is 4.79. The van der Waals surface area contributed by atoms with Gasteiger partial charge in [-0.15, -0.1) is 0 Å². The third-order valence-electron chi connectivity index (χ3n) is 5.93. The van der Waals surface area contributed by atoms with Gasteiger partial charge in [0.15, 0.2) is 0 Å². The van der Waals surface area contributed by atoms with Gasteiger partial charge in [0, 0.05) is 24.7 Å². The highest BCUT2D eigenvalue weighted by molar-refractivity contribution is 5.71. The molecule has 2 unspecified atom stereocenters. The van der Waals surface area contributed by atoms with Crippen LogP contribution in [-0.4, -0.2) is 42.6 Å². The molecular weight excluding hydrogens is 324 g/mol. The molecule has 0 aliphatic carbocycles. The number of piperazine rings is 1. The van der Waals surface area contributed by atoms with E-state index in [2.05, 4.69) is 70.9 Å². The molecule has 4 rings (SSSR count). The molecule has 2 aliphatic heterocycles. The zero-order chi connectivity index (χ0) is 18.0. The quantitative estimate of drug-likeness (QED) is 0.841. The van der Waals surface area contributed by atoms with Gasteiger partial charge in [-0.3, -0.25) is 9.69 Å². The molecule has 2 saturated heterocycles. The second-order valence-electron chi connectivity index (χ2n) is 7.43. The minimum atomic E-state index is -0.188. The lowest BCUT2D eigenvalue weighted by Crippen LogP contribution is -2.62. The van der Waals surface area contributed by atoms with Gasteiger partial charge in [0.2, 0.25) is 0 Å². The van der Waals surface area contributed by atoms with Gasteiger partial charge in [0.25, 0.3) is 0 Å². The standard InChI is InChI=1S/C22H26N2O2/c1-26-20(25)14-22-13-12-19(15-23-16-22)24(22)21(17-8-4-2-5-9-17)18-10-6-3-7-11-18/h2-11,19,21,23H,12-16H2,1H3. The summed E-state index contributed by atoms with van der Waals surface area (Å²) in [6, 6.07) is 21.9.